The molecular formula is C27H28ClN5O2. The molecule has 4 aromatic rings. The number of halogens is 1. The molecule has 8 heteroatoms. The van der Waals surface area contributed by atoms with Crippen LogP contribution in [0.15, 0.2) is 73.1 Å². The molecule has 0 amide bonds. The number of anilines is 1. The van der Waals surface area contributed by atoms with Gasteiger partial charge >= 0.3 is 0 Å². The fourth-order valence-electron chi connectivity index (χ4n) is 3.52. The van der Waals surface area contributed by atoms with Gasteiger partial charge in [-0.3, -0.25) is 0 Å². The van der Waals surface area contributed by atoms with Crippen molar-refractivity contribution in [1.82, 2.24) is 15.0 Å². The molecule has 0 bridgehead atoms. The topological polar surface area (TPSA) is 95.2 Å². The van der Waals surface area contributed by atoms with Gasteiger partial charge in [0.1, 0.15) is 23.1 Å². The Labute approximate surface area is 210 Å². The quantitative estimate of drug-likeness (QED) is 0.298. The summed E-state index contributed by atoms with van der Waals surface area (Å²) >= 11 is 5.91. The maximum atomic E-state index is 6.10. The number of nitrogens with zero attached hydrogens (tertiary/aromatic N) is 3. The average Bonchev–Trinajstić information content (AvgIpc) is 2.89. The number of nitrogens with two attached hydrogens (primary N) is 1. The van der Waals surface area contributed by atoms with Gasteiger partial charge in [0.25, 0.3) is 0 Å². The van der Waals surface area contributed by atoms with E-state index in [0.717, 1.165) is 47.1 Å². The lowest BCUT2D eigenvalue weighted by atomic mass is 10.1. The molecule has 2 heterocycles. The molecule has 180 valence electrons. The van der Waals surface area contributed by atoms with Gasteiger partial charge in [0.2, 0.25) is 5.88 Å². The van der Waals surface area contributed by atoms with Crippen LogP contribution >= 0.6 is 11.6 Å². The lowest BCUT2D eigenvalue weighted by Crippen LogP contribution is -2.05. The lowest BCUT2D eigenvalue weighted by molar-refractivity contribution is 0.414. The highest BCUT2D eigenvalue weighted by molar-refractivity contribution is 6.30. The van der Waals surface area contributed by atoms with Gasteiger partial charge in [-0.15, -0.1) is 0 Å². The van der Waals surface area contributed by atoms with Crippen molar-refractivity contribution in [2.24, 2.45) is 5.73 Å². The predicted molar refractivity (Wildman–Crippen MR) is 138 cm³/mol. The monoisotopic (exact) mass is 489 g/mol. The summed E-state index contributed by atoms with van der Waals surface area (Å²) in [6, 6.07) is 19.8. The summed E-state index contributed by atoms with van der Waals surface area (Å²) in [6.45, 7) is 1.23. The first-order valence-electron chi connectivity index (χ1n) is 11.4. The third-order valence-electron chi connectivity index (χ3n) is 5.38. The summed E-state index contributed by atoms with van der Waals surface area (Å²) in [5.41, 5.74) is 9.00. The van der Waals surface area contributed by atoms with Gasteiger partial charge in [-0.05, 0) is 66.4 Å². The van der Waals surface area contributed by atoms with Crippen LogP contribution in [0.3, 0.4) is 0 Å². The van der Waals surface area contributed by atoms with Crippen LogP contribution in [0.4, 0.5) is 5.82 Å². The van der Waals surface area contributed by atoms with Crippen LogP contribution in [0.1, 0.15) is 22.5 Å². The van der Waals surface area contributed by atoms with Crippen LogP contribution in [0, 0.1) is 0 Å². The number of aryl methyl sites for hydroxylation is 2. The van der Waals surface area contributed by atoms with Crippen LogP contribution in [0.25, 0.3) is 0 Å². The molecule has 0 spiro atoms. The number of aromatic nitrogens is 3. The highest BCUT2D eigenvalue weighted by Gasteiger charge is 2.08. The van der Waals surface area contributed by atoms with Crippen LogP contribution in [-0.4, -0.2) is 28.6 Å². The Bertz CT molecular complexity index is 1220. The van der Waals surface area contributed by atoms with Crippen molar-refractivity contribution in [2.45, 2.75) is 25.8 Å². The van der Waals surface area contributed by atoms with Crippen molar-refractivity contribution in [3.63, 3.8) is 0 Å². The van der Waals surface area contributed by atoms with Gasteiger partial charge in [0, 0.05) is 31.4 Å². The third kappa shape index (κ3) is 7.40. The van der Waals surface area contributed by atoms with E-state index in [4.69, 9.17) is 26.8 Å². The van der Waals surface area contributed by atoms with E-state index in [2.05, 4.69) is 20.3 Å². The van der Waals surface area contributed by atoms with Gasteiger partial charge in [0.05, 0.1) is 12.1 Å². The molecule has 0 fully saturated rings. The highest BCUT2D eigenvalue weighted by atomic mass is 35.5. The van der Waals surface area contributed by atoms with Crippen LogP contribution < -0.4 is 20.5 Å². The summed E-state index contributed by atoms with van der Waals surface area (Å²) in [4.78, 5) is 13.3. The Morgan fingerprint density at radius 1 is 0.829 bits per heavy atom. The Kier molecular flexibility index (Phi) is 8.48. The Balaban J connectivity index is 1.50. The van der Waals surface area contributed by atoms with E-state index >= 15 is 0 Å². The van der Waals surface area contributed by atoms with E-state index in [9.17, 15) is 0 Å². The molecule has 0 saturated carbocycles. The fraction of sp³-hybridized carbons (Fsp3) is 0.222. The van der Waals surface area contributed by atoms with E-state index in [0.29, 0.717) is 30.4 Å². The van der Waals surface area contributed by atoms with E-state index in [-0.39, 0.29) is 0 Å². The van der Waals surface area contributed by atoms with Gasteiger partial charge < -0.3 is 20.5 Å². The maximum absolute atomic E-state index is 6.10. The summed E-state index contributed by atoms with van der Waals surface area (Å²) in [6.07, 6.45) is 5.46. The zero-order valence-corrected chi connectivity index (χ0v) is 20.3. The molecular weight excluding hydrogens is 462 g/mol. The van der Waals surface area contributed by atoms with Gasteiger partial charge in [0.15, 0.2) is 0 Å². The van der Waals surface area contributed by atoms with E-state index in [1.807, 2.05) is 60.7 Å². The summed E-state index contributed by atoms with van der Waals surface area (Å²) < 4.78 is 11.3. The second-order valence-corrected chi connectivity index (χ2v) is 8.44. The molecule has 0 radical (unpaired) electrons. The molecule has 3 N–H and O–H groups in total. The zero-order chi connectivity index (χ0) is 24.5. The number of hydrogen-bond acceptors (Lipinski definition) is 7. The summed E-state index contributed by atoms with van der Waals surface area (Å²) in [7, 11) is 1.66. The molecule has 35 heavy (non-hydrogen) atoms. The second kappa shape index (κ2) is 12.1. The van der Waals surface area contributed by atoms with Crippen molar-refractivity contribution in [3.8, 4) is 17.4 Å². The molecule has 0 unspecified atom stereocenters. The minimum atomic E-state index is 0.517. The SMILES string of the molecule is COc1ccc(CNc2cc(CCc3ncc(Cl)cn3)cc(Oc3ccc(CCN)cc3)n2)cc1. The number of ether oxygens (including phenoxy) is 2. The summed E-state index contributed by atoms with van der Waals surface area (Å²) in [5.74, 6) is 3.52. The number of pyridine rings is 1. The third-order valence-corrected chi connectivity index (χ3v) is 5.58. The van der Waals surface area contributed by atoms with Gasteiger partial charge in [-0.1, -0.05) is 35.9 Å². The number of methoxy groups -OCH3 is 1. The van der Waals surface area contributed by atoms with E-state index in [1.165, 1.54) is 5.56 Å². The first-order chi connectivity index (χ1) is 17.1. The molecule has 4 rings (SSSR count). The largest absolute Gasteiger partial charge is 0.497 e. The summed E-state index contributed by atoms with van der Waals surface area (Å²) in [5, 5.41) is 3.93. The highest BCUT2D eigenvalue weighted by Crippen LogP contribution is 2.25. The van der Waals surface area contributed by atoms with Crippen molar-refractivity contribution in [2.75, 3.05) is 19.0 Å². The van der Waals surface area contributed by atoms with Crippen molar-refractivity contribution in [3.05, 3.63) is 101 Å². The number of hydrogen-bond donors (Lipinski definition) is 2. The first kappa shape index (κ1) is 24.4. The Hall–Kier alpha value is -3.68. The lowest BCUT2D eigenvalue weighted by Gasteiger charge is -2.12. The van der Waals surface area contributed by atoms with Crippen molar-refractivity contribution >= 4 is 17.4 Å². The molecule has 2 aromatic heterocycles. The van der Waals surface area contributed by atoms with Crippen LogP contribution in [0.2, 0.25) is 5.02 Å². The Morgan fingerprint density at radius 3 is 2.20 bits per heavy atom. The Morgan fingerprint density at radius 2 is 1.51 bits per heavy atom. The van der Waals surface area contributed by atoms with Crippen LogP contribution in [-0.2, 0) is 25.8 Å². The number of nitrogens with one attached hydrogen (secondary N) is 1. The molecule has 7 nitrogen and oxygen atoms in total. The standard InChI is InChI=1S/C27H28ClN5O2/c1-34-23-7-4-20(5-8-23)16-30-26-14-21(6-11-25-31-17-22(28)18-32-25)15-27(33-26)35-24-9-2-19(3-10-24)12-13-29/h2-5,7-10,14-15,17-18H,6,11-13,16,29H2,1H3,(H,30,33). The maximum Gasteiger partial charge on any atom is 0.221 e. The van der Waals surface area contributed by atoms with Crippen LogP contribution in [0.5, 0.6) is 17.4 Å². The number of benzene rings is 2. The minimum absolute atomic E-state index is 0.517. The van der Waals surface area contributed by atoms with E-state index in [1.54, 1.807) is 19.5 Å². The smallest absolute Gasteiger partial charge is 0.221 e. The van der Waals surface area contributed by atoms with Crippen molar-refractivity contribution in [1.29, 1.82) is 0 Å². The zero-order valence-electron chi connectivity index (χ0n) is 19.6. The molecule has 0 aliphatic carbocycles. The molecule has 2 aromatic carbocycles. The van der Waals surface area contributed by atoms with Crippen molar-refractivity contribution < 1.29 is 9.47 Å². The fourth-order valence-corrected chi connectivity index (χ4v) is 3.62. The minimum Gasteiger partial charge on any atom is -0.497 e. The second-order valence-electron chi connectivity index (χ2n) is 8.00. The first-order valence-corrected chi connectivity index (χ1v) is 11.8. The molecule has 0 aliphatic rings. The van der Waals surface area contributed by atoms with Gasteiger partial charge in [-0.25, -0.2) is 9.97 Å². The average molecular weight is 490 g/mol. The normalized spacial score (nSPS) is 10.7. The molecule has 0 aliphatic heterocycles. The predicted octanol–water partition coefficient (Wildman–Crippen LogP) is 5.22. The molecule has 0 saturated heterocycles. The number of rotatable bonds is 11. The molecule has 0 atom stereocenters. The van der Waals surface area contributed by atoms with E-state index < -0.39 is 0 Å². The van der Waals surface area contributed by atoms with Gasteiger partial charge in [-0.2, -0.15) is 4.98 Å².